The smallest absolute Gasteiger partial charge is 0.416 e. The molecule has 2 aromatic carbocycles. The number of carbonyl (C=O) groups excluding carboxylic acids is 1. The van der Waals surface area contributed by atoms with Gasteiger partial charge in [-0.25, -0.2) is 0 Å². The van der Waals surface area contributed by atoms with Crippen LogP contribution >= 0.6 is 0 Å². The number of aliphatic carboxylic acids is 1. The van der Waals surface area contributed by atoms with E-state index in [0.29, 0.717) is 5.56 Å². The lowest BCUT2D eigenvalue weighted by atomic mass is 9.91. The van der Waals surface area contributed by atoms with Crippen LogP contribution in [-0.4, -0.2) is 52.6 Å². The molecule has 182 valence electrons. The molecular weight excluding hydrogens is 471 g/mol. The standard InChI is InChI=1S/C23H18F3N3O6/c24-23(25,26)13-3-1-11(2-4-13)5-14-10-35-16-7-12(8-27)6-15-19(16)29(14)22(34)18(20(15)32)21(33)28-9-17(30)31/h1-4,6-7,14,22,32,34H,5,9-10H2,(H,28,33)(H,30,31). The number of aliphatic hydroxyl groups excluding tert-OH is 2. The SMILES string of the molecule is N#Cc1cc2c3c(c1)C(O)=C(C(=O)NCC(=O)O)C(O)N3C(Cc1ccc(C(F)(F)F)cc1)CO2. The third-order valence-electron chi connectivity index (χ3n) is 5.72. The van der Waals surface area contributed by atoms with E-state index in [1.165, 1.54) is 29.2 Å². The van der Waals surface area contributed by atoms with Crippen molar-refractivity contribution in [3.8, 4) is 11.8 Å². The van der Waals surface area contributed by atoms with E-state index in [-0.39, 0.29) is 35.6 Å². The fraction of sp³-hybridized carbons (Fsp3) is 0.261. The molecule has 0 saturated carbocycles. The molecular formula is C23H18F3N3O6. The van der Waals surface area contributed by atoms with Crippen molar-refractivity contribution < 1.29 is 42.8 Å². The van der Waals surface area contributed by atoms with Gasteiger partial charge >= 0.3 is 12.1 Å². The minimum atomic E-state index is -4.50. The number of anilines is 1. The van der Waals surface area contributed by atoms with Crippen molar-refractivity contribution in [2.24, 2.45) is 0 Å². The zero-order chi connectivity index (χ0) is 25.5. The van der Waals surface area contributed by atoms with Crippen molar-refractivity contribution >= 4 is 23.3 Å². The largest absolute Gasteiger partial charge is 0.507 e. The first-order valence-corrected chi connectivity index (χ1v) is 10.3. The van der Waals surface area contributed by atoms with Gasteiger partial charge in [-0.2, -0.15) is 18.4 Å². The van der Waals surface area contributed by atoms with Crippen LogP contribution in [0, 0.1) is 11.3 Å². The highest BCUT2D eigenvalue weighted by molar-refractivity contribution is 6.05. The zero-order valence-corrected chi connectivity index (χ0v) is 17.8. The Bertz CT molecular complexity index is 1270. The summed E-state index contributed by atoms with van der Waals surface area (Å²) in [6.45, 7) is -0.818. The van der Waals surface area contributed by atoms with Gasteiger partial charge in [0.25, 0.3) is 5.91 Å². The van der Waals surface area contributed by atoms with E-state index in [0.717, 1.165) is 12.1 Å². The lowest BCUT2D eigenvalue weighted by molar-refractivity contribution is -0.138. The summed E-state index contributed by atoms with van der Waals surface area (Å²) in [5, 5.41) is 42.2. The maximum atomic E-state index is 12.9. The third kappa shape index (κ3) is 4.45. The summed E-state index contributed by atoms with van der Waals surface area (Å²) >= 11 is 0. The number of benzene rings is 2. The highest BCUT2D eigenvalue weighted by atomic mass is 19.4. The van der Waals surface area contributed by atoms with Crippen LogP contribution in [0.5, 0.6) is 5.75 Å². The molecule has 4 N–H and O–H groups in total. The highest BCUT2D eigenvalue weighted by Crippen LogP contribution is 2.47. The molecule has 2 aliphatic heterocycles. The Morgan fingerprint density at radius 3 is 2.51 bits per heavy atom. The summed E-state index contributed by atoms with van der Waals surface area (Å²) in [5.74, 6) is -2.86. The number of alkyl halides is 3. The van der Waals surface area contributed by atoms with Crippen LogP contribution < -0.4 is 15.0 Å². The molecule has 2 aliphatic rings. The maximum Gasteiger partial charge on any atom is 0.416 e. The molecule has 4 rings (SSSR count). The molecule has 2 unspecified atom stereocenters. The summed E-state index contributed by atoms with van der Waals surface area (Å²) in [7, 11) is 0. The molecule has 12 heteroatoms. The topological polar surface area (TPSA) is 143 Å². The van der Waals surface area contributed by atoms with Crippen molar-refractivity contribution in [3.05, 3.63) is 64.2 Å². The van der Waals surface area contributed by atoms with Crippen molar-refractivity contribution in [1.29, 1.82) is 5.26 Å². The van der Waals surface area contributed by atoms with Gasteiger partial charge in [0.2, 0.25) is 0 Å². The van der Waals surface area contributed by atoms with Gasteiger partial charge in [-0.05, 0) is 30.2 Å². The van der Waals surface area contributed by atoms with Crippen molar-refractivity contribution in [2.75, 3.05) is 18.1 Å². The van der Waals surface area contributed by atoms with E-state index >= 15 is 0 Å². The lowest BCUT2D eigenvalue weighted by Gasteiger charge is -2.45. The monoisotopic (exact) mass is 489 g/mol. The van der Waals surface area contributed by atoms with Crippen molar-refractivity contribution in [1.82, 2.24) is 5.32 Å². The van der Waals surface area contributed by atoms with Crippen LogP contribution in [0.1, 0.15) is 22.3 Å². The van der Waals surface area contributed by atoms with E-state index in [1.54, 1.807) is 0 Å². The average Bonchev–Trinajstić information content (AvgIpc) is 2.81. The molecule has 1 amide bonds. The molecule has 2 heterocycles. The molecule has 0 aliphatic carbocycles. The van der Waals surface area contributed by atoms with Crippen LogP contribution in [0.2, 0.25) is 0 Å². The molecule has 35 heavy (non-hydrogen) atoms. The van der Waals surface area contributed by atoms with E-state index in [9.17, 15) is 38.2 Å². The molecule has 0 saturated heterocycles. The quantitative estimate of drug-likeness (QED) is 0.501. The second kappa shape index (κ2) is 8.84. The van der Waals surface area contributed by atoms with Crippen molar-refractivity contribution in [3.63, 3.8) is 0 Å². The predicted octanol–water partition coefficient (Wildman–Crippen LogP) is 2.19. The first kappa shape index (κ1) is 23.9. The highest BCUT2D eigenvalue weighted by Gasteiger charge is 2.43. The Labute approximate surface area is 196 Å². The molecule has 2 aromatic rings. The van der Waals surface area contributed by atoms with E-state index in [2.05, 4.69) is 5.32 Å². The number of ether oxygens (including phenoxy) is 1. The maximum absolute atomic E-state index is 12.9. The van der Waals surface area contributed by atoms with Crippen LogP contribution in [-0.2, 0) is 22.2 Å². The average molecular weight is 489 g/mol. The Hall–Kier alpha value is -4.24. The fourth-order valence-corrected chi connectivity index (χ4v) is 4.14. The molecule has 0 radical (unpaired) electrons. The number of nitrogens with zero attached hydrogens (tertiary/aromatic N) is 2. The first-order chi connectivity index (χ1) is 16.5. The molecule has 9 nitrogen and oxygen atoms in total. The van der Waals surface area contributed by atoms with Gasteiger partial charge in [0, 0.05) is 11.6 Å². The van der Waals surface area contributed by atoms with Gasteiger partial charge in [0.05, 0.1) is 28.9 Å². The molecule has 0 aromatic heterocycles. The number of nitrogens with one attached hydrogen (secondary N) is 1. The summed E-state index contributed by atoms with van der Waals surface area (Å²) in [6, 6.07) is 8.37. The molecule has 0 spiro atoms. The van der Waals surface area contributed by atoms with Gasteiger partial charge in [-0.3, -0.25) is 9.59 Å². The Morgan fingerprint density at radius 1 is 1.23 bits per heavy atom. The van der Waals surface area contributed by atoms with Crippen LogP contribution in [0.15, 0.2) is 42.0 Å². The van der Waals surface area contributed by atoms with Gasteiger partial charge in [0.15, 0.2) is 6.23 Å². The molecule has 2 atom stereocenters. The number of carbonyl (C=O) groups is 2. The predicted molar refractivity (Wildman–Crippen MR) is 114 cm³/mol. The van der Waals surface area contributed by atoms with Gasteiger partial charge < -0.3 is 30.3 Å². The van der Waals surface area contributed by atoms with E-state index in [1.807, 2.05) is 6.07 Å². The summed E-state index contributed by atoms with van der Waals surface area (Å²) in [4.78, 5) is 24.9. The Balaban J connectivity index is 1.74. The number of amides is 1. The third-order valence-corrected chi connectivity index (χ3v) is 5.72. The second-order valence-corrected chi connectivity index (χ2v) is 7.97. The minimum Gasteiger partial charge on any atom is -0.507 e. The molecule has 0 bridgehead atoms. The number of hydrogen-bond donors (Lipinski definition) is 4. The number of carboxylic acids is 1. The van der Waals surface area contributed by atoms with E-state index in [4.69, 9.17) is 9.84 Å². The number of rotatable bonds is 5. The van der Waals surface area contributed by atoms with Crippen LogP contribution in [0.3, 0.4) is 0 Å². The first-order valence-electron chi connectivity index (χ1n) is 10.3. The van der Waals surface area contributed by atoms with Crippen LogP contribution in [0.4, 0.5) is 18.9 Å². The van der Waals surface area contributed by atoms with Crippen molar-refractivity contribution in [2.45, 2.75) is 24.9 Å². The molecule has 0 fully saturated rings. The number of hydrogen-bond acceptors (Lipinski definition) is 7. The summed E-state index contributed by atoms with van der Waals surface area (Å²) in [5.41, 5.74) is -0.532. The number of nitriles is 1. The summed E-state index contributed by atoms with van der Waals surface area (Å²) in [6.07, 6.45) is -6.12. The summed E-state index contributed by atoms with van der Waals surface area (Å²) < 4.78 is 44.5. The number of carboxylic acid groups (broad SMARTS) is 1. The number of halogens is 3. The Morgan fingerprint density at radius 2 is 1.91 bits per heavy atom. The number of aliphatic hydroxyl groups is 2. The van der Waals surface area contributed by atoms with E-state index < -0.39 is 53.8 Å². The van der Waals surface area contributed by atoms with Crippen LogP contribution in [0.25, 0.3) is 5.76 Å². The van der Waals surface area contributed by atoms with Gasteiger partial charge in [-0.15, -0.1) is 0 Å². The van der Waals surface area contributed by atoms with Gasteiger partial charge in [0.1, 0.15) is 30.2 Å². The fourth-order valence-electron chi connectivity index (χ4n) is 4.14. The second-order valence-electron chi connectivity index (χ2n) is 7.97. The normalized spacial score (nSPS) is 18.9. The Kier molecular flexibility index (Phi) is 6.04. The lowest BCUT2D eigenvalue weighted by Crippen LogP contribution is -2.54. The zero-order valence-electron chi connectivity index (χ0n) is 17.8. The minimum absolute atomic E-state index is 0.0157. The van der Waals surface area contributed by atoms with Gasteiger partial charge in [-0.1, -0.05) is 12.1 Å².